The lowest BCUT2D eigenvalue weighted by Gasteiger charge is -2.30. The second kappa shape index (κ2) is 11.7. The highest BCUT2D eigenvalue weighted by atomic mass is 16.5. The van der Waals surface area contributed by atoms with Crippen molar-refractivity contribution in [3.63, 3.8) is 0 Å². The van der Waals surface area contributed by atoms with Crippen molar-refractivity contribution >= 4 is 66.0 Å². The summed E-state index contributed by atoms with van der Waals surface area (Å²) in [5, 5.41) is 11.1. The lowest BCUT2D eigenvalue weighted by Crippen LogP contribution is -2.28. The Morgan fingerprint density at radius 2 is 1.25 bits per heavy atom. The lowest BCUT2D eigenvalue weighted by atomic mass is 9.86. The molecule has 4 nitrogen and oxygen atoms in total. The Hall–Kier alpha value is -7.04. The van der Waals surface area contributed by atoms with Crippen molar-refractivity contribution in [2.45, 2.75) is 18.2 Å². The van der Waals surface area contributed by atoms with Crippen LogP contribution in [0.2, 0.25) is 0 Å². The molecular weight excluding hydrogens is 671 g/mol. The molecule has 55 heavy (non-hydrogen) atoms. The molecule has 9 aromatic rings. The zero-order valence-electron chi connectivity index (χ0n) is 29.9. The van der Waals surface area contributed by atoms with E-state index in [1.807, 2.05) is 6.07 Å². The third-order valence-electron chi connectivity index (χ3n) is 11.9. The predicted octanol–water partition coefficient (Wildman–Crippen LogP) is 12.9. The normalized spacial score (nSPS) is 18.3. The first-order chi connectivity index (χ1) is 27.3. The van der Waals surface area contributed by atoms with Crippen molar-refractivity contribution in [1.29, 1.82) is 0 Å². The third-order valence-corrected chi connectivity index (χ3v) is 11.9. The van der Waals surface area contributed by atoms with E-state index >= 15 is 0 Å². The molecule has 0 saturated heterocycles. The minimum atomic E-state index is -0.205. The van der Waals surface area contributed by atoms with Gasteiger partial charge in [-0.05, 0) is 81.4 Å². The molecule has 1 aliphatic carbocycles. The molecule has 0 bridgehead atoms. The fourth-order valence-electron chi connectivity index (χ4n) is 9.43. The molecule has 3 unspecified atom stereocenters. The molecule has 3 atom stereocenters. The average Bonchev–Trinajstić information content (AvgIpc) is 3.94. The third kappa shape index (κ3) is 4.58. The van der Waals surface area contributed by atoms with Crippen molar-refractivity contribution in [2.75, 3.05) is 10.2 Å². The SMILES string of the molecule is C1=CC2C(C=C1c1ccc(-n3c4ccccc4c4ccccc43)cc1)c1ccccc1N2c1ccc2c(ccc3ccc4c(c32)NC(c2ccccc2)O4)c1. The van der Waals surface area contributed by atoms with E-state index in [2.05, 4.69) is 197 Å². The summed E-state index contributed by atoms with van der Waals surface area (Å²) in [7, 11) is 0. The van der Waals surface area contributed by atoms with Gasteiger partial charge in [0.15, 0.2) is 6.23 Å². The van der Waals surface area contributed by atoms with Crippen LogP contribution in [0.5, 0.6) is 5.75 Å². The summed E-state index contributed by atoms with van der Waals surface area (Å²) in [5.41, 5.74) is 12.1. The molecule has 4 heteroatoms. The average molecular weight is 706 g/mol. The number of hydrogen-bond acceptors (Lipinski definition) is 3. The topological polar surface area (TPSA) is 29.4 Å². The Morgan fingerprint density at radius 3 is 2.07 bits per heavy atom. The number of nitrogens with zero attached hydrogens (tertiary/aromatic N) is 2. The second-order valence-corrected chi connectivity index (χ2v) is 14.9. The van der Waals surface area contributed by atoms with Gasteiger partial charge in [0, 0.05) is 44.7 Å². The number of allylic oxidation sites excluding steroid dienone is 2. The first-order valence-corrected chi connectivity index (χ1v) is 19.1. The maximum Gasteiger partial charge on any atom is 0.196 e. The van der Waals surface area contributed by atoms with Gasteiger partial charge in [-0.15, -0.1) is 0 Å². The van der Waals surface area contributed by atoms with Crippen LogP contribution < -0.4 is 15.0 Å². The minimum Gasteiger partial charge on any atom is -0.464 e. The Labute approximate surface area is 318 Å². The van der Waals surface area contributed by atoms with Gasteiger partial charge in [-0.25, -0.2) is 0 Å². The fraction of sp³-hybridized carbons (Fsp3) is 0.0588. The zero-order valence-corrected chi connectivity index (χ0v) is 29.9. The Morgan fingerprint density at radius 1 is 0.564 bits per heavy atom. The van der Waals surface area contributed by atoms with Crippen LogP contribution in [0, 0.1) is 0 Å². The molecule has 8 aromatic carbocycles. The number of aromatic nitrogens is 1. The Bertz CT molecular complexity index is 3010. The predicted molar refractivity (Wildman–Crippen MR) is 228 cm³/mol. The monoisotopic (exact) mass is 705 g/mol. The van der Waals surface area contributed by atoms with Crippen LogP contribution in [-0.2, 0) is 0 Å². The number of para-hydroxylation sites is 3. The fourth-order valence-corrected chi connectivity index (χ4v) is 9.43. The summed E-state index contributed by atoms with van der Waals surface area (Å²) in [6, 6.07) is 61.7. The van der Waals surface area contributed by atoms with Gasteiger partial charge < -0.3 is 19.5 Å². The van der Waals surface area contributed by atoms with E-state index in [1.165, 1.54) is 77.1 Å². The molecule has 0 fully saturated rings. The van der Waals surface area contributed by atoms with Crippen LogP contribution in [0.3, 0.4) is 0 Å². The lowest BCUT2D eigenvalue weighted by molar-refractivity contribution is 0.260. The summed E-state index contributed by atoms with van der Waals surface area (Å²) in [6.45, 7) is 0. The second-order valence-electron chi connectivity index (χ2n) is 14.9. The van der Waals surface area contributed by atoms with Gasteiger partial charge in [-0.3, -0.25) is 0 Å². The van der Waals surface area contributed by atoms with Gasteiger partial charge in [0.1, 0.15) is 5.75 Å². The van der Waals surface area contributed by atoms with E-state index in [1.54, 1.807) is 0 Å². The smallest absolute Gasteiger partial charge is 0.196 e. The Balaban J connectivity index is 0.891. The molecule has 12 rings (SSSR count). The summed E-state index contributed by atoms with van der Waals surface area (Å²) in [5.74, 6) is 1.13. The van der Waals surface area contributed by atoms with Crippen molar-refractivity contribution in [3.05, 3.63) is 205 Å². The standard InChI is InChI=1S/C51H35N3O/c1-2-10-34(11-3-1)51-52-50-48(55-51)29-23-33-18-19-36-30-38(26-27-39(36)49(33)50)54-46-17-9-6-14-42(46)43-31-35(22-28-47(43)54)32-20-24-37(25-21-32)53-44-15-7-4-12-40(44)41-13-5-8-16-45(41)53/h1-31,43,47,51-52H. The number of rotatable bonds is 4. The van der Waals surface area contributed by atoms with Crippen LogP contribution >= 0.6 is 0 Å². The van der Waals surface area contributed by atoms with Gasteiger partial charge in [-0.2, -0.15) is 0 Å². The van der Waals surface area contributed by atoms with Gasteiger partial charge in [0.05, 0.1) is 22.8 Å². The minimum absolute atomic E-state index is 0.182. The van der Waals surface area contributed by atoms with E-state index in [0.29, 0.717) is 0 Å². The number of hydrogen-bond donors (Lipinski definition) is 1. The van der Waals surface area contributed by atoms with Crippen molar-refractivity contribution in [1.82, 2.24) is 4.57 Å². The highest BCUT2D eigenvalue weighted by Crippen LogP contribution is 2.51. The maximum atomic E-state index is 6.41. The highest BCUT2D eigenvalue weighted by Gasteiger charge is 2.38. The van der Waals surface area contributed by atoms with E-state index in [9.17, 15) is 0 Å². The van der Waals surface area contributed by atoms with Gasteiger partial charge >= 0.3 is 0 Å². The first kappa shape index (κ1) is 30.4. The number of ether oxygens (including phenoxy) is 1. The van der Waals surface area contributed by atoms with Crippen molar-refractivity contribution in [3.8, 4) is 11.4 Å². The van der Waals surface area contributed by atoms with E-state index in [0.717, 1.165) is 17.0 Å². The Kier molecular flexibility index (Phi) is 6.49. The zero-order chi connectivity index (χ0) is 36.0. The summed E-state index contributed by atoms with van der Waals surface area (Å²) >= 11 is 0. The van der Waals surface area contributed by atoms with E-state index in [4.69, 9.17) is 4.74 Å². The summed E-state index contributed by atoms with van der Waals surface area (Å²) in [4.78, 5) is 2.53. The molecule has 0 saturated carbocycles. The van der Waals surface area contributed by atoms with Crippen molar-refractivity contribution in [2.24, 2.45) is 0 Å². The number of anilines is 3. The number of nitrogens with one attached hydrogen (secondary N) is 1. The van der Waals surface area contributed by atoms with Crippen LogP contribution in [0.15, 0.2) is 188 Å². The molecular formula is C51H35N3O. The summed E-state index contributed by atoms with van der Waals surface area (Å²) in [6.07, 6.45) is 7.00. The molecule has 3 aliphatic rings. The molecule has 260 valence electrons. The highest BCUT2D eigenvalue weighted by molar-refractivity contribution is 6.16. The summed E-state index contributed by atoms with van der Waals surface area (Å²) < 4.78 is 8.79. The van der Waals surface area contributed by atoms with Crippen molar-refractivity contribution < 1.29 is 4.74 Å². The molecule has 2 aliphatic heterocycles. The van der Waals surface area contributed by atoms with Crippen LogP contribution in [0.25, 0.3) is 54.6 Å². The molecule has 3 heterocycles. The van der Waals surface area contributed by atoms with Gasteiger partial charge in [-0.1, -0.05) is 140 Å². The molecule has 1 N–H and O–H groups in total. The van der Waals surface area contributed by atoms with E-state index in [-0.39, 0.29) is 18.2 Å². The largest absolute Gasteiger partial charge is 0.464 e. The number of fused-ring (bicyclic) bond motifs is 11. The molecule has 0 spiro atoms. The van der Waals surface area contributed by atoms with Crippen LogP contribution in [0.4, 0.5) is 17.1 Å². The molecule has 0 amide bonds. The van der Waals surface area contributed by atoms with Crippen LogP contribution in [0.1, 0.15) is 28.8 Å². The van der Waals surface area contributed by atoms with Crippen LogP contribution in [-0.4, -0.2) is 10.6 Å². The van der Waals surface area contributed by atoms with E-state index < -0.39 is 0 Å². The molecule has 0 radical (unpaired) electrons. The first-order valence-electron chi connectivity index (χ1n) is 19.1. The van der Waals surface area contributed by atoms with Gasteiger partial charge in [0.2, 0.25) is 0 Å². The number of benzene rings is 8. The van der Waals surface area contributed by atoms with Gasteiger partial charge in [0.25, 0.3) is 0 Å². The quantitative estimate of drug-likeness (QED) is 0.185. The maximum absolute atomic E-state index is 6.41. The molecule has 1 aromatic heterocycles.